The SMILES string of the molecule is CCCC[Si](CCCC)(COCC)COCC. The number of rotatable bonds is 12. The molecule has 0 N–H and O–H groups in total. The first-order valence-corrected chi connectivity index (χ1v) is 10.2. The maximum Gasteiger partial charge on any atom is 0.113 e. The molecule has 0 aromatic rings. The molecule has 0 radical (unpaired) electrons. The maximum atomic E-state index is 5.77. The van der Waals surface area contributed by atoms with E-state index in [1.54, 1.807) is 0 Å². The summed E-state index contributed by atoms with van der Waals surface area (Å²) in [6, 6.07) is 2.76. The van der Waals surface area contributed by atoms with Crippen LogP contribution in [-0.2, 0) is 9.47 Å². The predicted molar refractivity (Wildman–Crippen MR) is 78.2 cm³/mol. The zero-order chi connectivity index (χ0) is 13.0. The van der Waals surface area contributed by atoms with Crippen molar-refractivity contribution in [3.05, 3.63) is 0 Å². The third kappa shape index (κ3) is 7.95. The largest absolute Gasteiger partial charge is 0.385 e. The summed E-state index contributed by atoms with van der Waals surface area (Å²) in [5, 5.41) is 0. The Bertz CT molecular complexity index is 125. The van der Waals surface area contributed by atoms with Gasteiger partial charge >= 0.3 is 0 Å². The molecule has 2 nitrogen and oxygen atoms in total. The Morgan fingerprint density at radius 1 is 0.706 bits per heavy atom. The molecule has 104 valence electrons. The molecule has 0 heterocycles. The smallest absolute Gasteiger partial charge is 0.113 e. The fraction of sp³-hybridized carbons (Fsp3) is 1.00. The van der Waals surface area contributed by atoms with Crippen molar-refractivity contribution in [2.75, 3.05) is 25.7 Å². The molecule has 0 saturated carbocycles. The second-order valence-electron chi connectivity index (χ2n) is 4.98. The molecule has 0 amide bonds. The monoisotopic (exact) mass is 260 g/mol. The van der Waals surface area contributed by atoms with E-state index in [0.717, 1.165) is 25.7 Å². The Hall–Kier alpha value is 0.137. The Morgan fingerprint density at radius 3 is 1.41 bits per heavy atom. The van der Waals surface area contributed by atoms with E-state index in [1.165, 1.54) is 37.8 Å². The van der Waals surface area contributed by atoms with Gasteiger partial charge in [0.15, 0.2) is 0 Å². The molecule has 0 fully saturated rings. The fourth-order valence-corrected chi connectivity index (χ4v) is 6.59. The van der Waals surface area contributed by atoms with E-state index >= 15 is 0 Å². The van der Waals surface area contributed by atoms with Gasteiger partial charge in [0.25, 0.3) is 0 Å². The van der Waals surface area contributed by atoms with Crippen molar-refractivity contribution in [1.29, 1.82) is 0 Å². The van der Waals surface area contributed by atoms with Crippen LogP contribution in [-0.4, -0.2) is 33.7 Å². The van der Waals surface area contributed by atoms with E-state index in [1.807, 2.05) is 0 Å². The van der Waals surface area contributed by atoms with Crippen LogP contribution in [0.3, 0.4) is 0 Å². The van der Waals surface area contributed by atoms with E-state index in [9.17, 15) is 0 Å². The van der Waals surface area contributed by atoms with Gasteiger partial charge in [-0.1, -0.05) is 51.6 Å². The molecule has 0 rings (SSSR count). The van der Waals surface area contributed by atoms with E-state index in [-0.39, 0.29) is 0 Å². The molecule has 0 saturated heterocycles. The normalized spacial score (nSPS) is 12.0. The van der Waals surface area contributed by atoms with Crippen molar-refractivity contribution in [2.24, 2.45) is 0 Å². The Labute approximate surface area is 109 Å². The van der Waals surface area contributed by atoms with Gasteiger partial charge < -0.3 is 9.47 Å². The molecule has 0 aromatic carbocycles. The van der Waals surface area contributed by atoms with Crippen LogP contribution < -0.4 is 0 Å². The highest BCUT2D eigenvalue weighted by atomic mass is 28.3. The van der Waals surface area contributed by atoms with Gasteiger partial charge in [0.2, 0.25) is 0 Å². The summed E-state index contributed by atoms with van der Waals surface area (Å²) < 4.78 is 11.5. The highest BCUT2D eigenvalue weighted by molar-refractivity contribution is 6.79. The number of unbranched alkanes of at least 4 members (excludes halogenated alkanes) is 2. The summed E-state index contributed by atoms with van der Waals surface area (Å²) in [4.78, 5) is 0. The first kappa shape index (κ1) is 17.1. The van der Waals surface area contributed by atoms with Crippen molar-refractivity contribution in [1.82, 2.24) is 0 Å². The van der Waals surface area contributed by atoms with Crippen LogP contribution >= 0.6 is 0 Å². The summed E-state index contributed by atoms with van der Waals surface area (Å²) in [5.74, 6) is 0. The molecule has 0 atom stereocenters. The van der Waals surface area contributed by atoms with Crippen molar-refractivity contribution in [3.8, 4) is 0 Å². The summed E-state index contributed by atoms with van der Waals surface area (Å²) in [6.45, 7) is 10.4. The summed E-state index contributed by atoms with van der Waals surface area (Å²) in [5.41, 5.74) is 0. The van der Waals surface area contributed by atoms with E-state index in [0.29, 0.717) is 0 Å². The Kier molecular flexibility index (Phi) is 11.3. The molecular formula is C14H32O2Si. The maximum absolute atomic E-state index is 5.77. The average molecular weight is 260 g/mol. The molecule has 0 spiro atoms. The Morgan fingerprint density at radius 2 is 1.12 bits per heavy atom. The van der Waals surface area contributed by atoms with Gasteiger partial charge in [-0.05, 0) is 13.8 Å². The molecule has 3 heteroatoms. The zero-order valence-corrected chi connectivity index (χ0v) is 13.4. The van der Waals surface area contributed by atoms with Crippen LogP contribution in [0.2, 0.25) is 12.1 Å². The van der Waals surface area contributed by atoms with Gasteiger partial charge in [-0.25, -0.2) is 0 Å². The first-order chi connectivity index (χ1) is 8.24. The standard InChI is InChI=1S/C14H32O2Si/c1-5-9-11-17(12-10-6-2,13-15-7-3)14-16-8-4/h5-14H2,1-4H3. The van der Waals surface area contributed by atoms with Crippen LogP contribution in [0.4, 0.5) is 0 Å². The fourth-order valence-electron chi connectivity index (χ4n) is 2.20. The van der Waals surface area contributed by atoms with Gasteiger partial charge in [-0.15, -0.1) is 0 Å². The number of ether oxygens (including phenoxy) is 2. The zero-order valence-electron chi connectivity index (χ0n) is 12.4. The van der Waals surface area contributed by atoms with Gasteiger partial charge in [-0.2, -0.15) is 0 Å². The van der Waals surface area contributed by atoms with Gasteiger partial charge in [0, 0.05) is 25.7 Å². The lowest BCUT2D eigenvalue weighted by atomic mass is 10.4. The summed E-state index contributed by atoms with van der Waals surface area (Å²) in [7, 11) is -1.32. The molecule has 17 heavy (non-hydrogen) atoms. The van der Waals surface area contributed by atoms with Crippen LogP contribution in [0.5, 0.6) is 0 Å². The van der Waals surface area contributed by atoms with Gasteiger partial charge in [-0.3, -0.25) is 0 Å². The minimum atomic E-state index is -1.32. The lowest BCUT2D eigenvalue weighted by Gasteiger charge is -2.31. The minimum absolute atomic E-state index is 0.846. The summed E-state index contributed by atoms with van der Waals surface area (Å²) >= 11 is 0. The lowest BCUT2D eigenvalue weighted by Crippen LogP contribution is -2.45. The highest BCUT2D eigenvalue weighted by Crippen LogP contribution is 2.23. The number of hydrogen-bond acceptors (Lipinski definition) is 2. The van der Waals surface area contributed by atoms with E-state index in [2.05, 4.69) is 27.7 Å². The van der Waals surface area contributed by atoms with Crippen molar-refractivity contribution >= 4 is 8.07 Å². The molecule has 0 aromatic heterocycles. The Balaban J connectivity index is 4.39. The van der Waals surface area contributed by atoms with Crippen LogP contribution in [0.25, 0.3) is 0 Å². The van der Waals surface area contributed by atoms with Crippen LogP contribution in [0.15, 0.2) is 0 Å². The van der Waals surface area contributed by atoms with Crippen molar-refractivity contribution in [2.45, 2.75) is 65.5 Å². The van der Waals surface area contributed by atoms with E-state index in [4.69, 9.17) is 9.47 Å². The molecule has 0 bridgehead atoms. The number of hydrogen-bond donors (Lipinski definition) is 0. The second kappa shape index (κ2) is 11.2. The molecule has 0 aliphatic rings. The minimum Gasteiger partial charge on any atom is -0.385 e. The molecular weight excluding hydrogens is 228 g/mol. The molecule has 0 aliphatic heterocycles. The van der Waals surface area contributed by atoms with Crippen molar-refractivity contribution in [3.63, 3.8) is 0 Å². The average Bonchev–Trinajstić information content (AvgIpc) is 2.37. The topological polar surface area (TPSA) is 18.5 Å². The predicted octanol–water partition coefficient (Wildman–Crippen LogP) is 4.19. The first-order valence-electron chi connectivity index (χ1n) is 7.40. The third-order valence-electron chi connectivity index (χ3n) is 3.35. The van der Waals surface area contributed by atoms with Crippen molar-refractivity contribution < 1.29 is 9.47 Å². The van der Waals surface area contributed by atoms with Gasteiger partial charge in [0.1, 0.15) is 8.07 Å². The highest BCUT2D eigenvalue weighted by Gasteiger charge is 2.32. The van der Waals surface area contributed by atoms with Crippen LogP contribution in [0, 0.1) is 0 Å². The molecule has 0 unspecified atom stereocenters. The molecule has 0 aliphatic carbocycles. The quantitative estimate of drug-likeness (QED) is 0.490. The second-order valence-corrected chi connectivity index (χ2v) is 9.56. The lowest BCUT2D eigenvalue weighted by molar-refractivity contribution is 0.160. The van der Waals surface area contributed by atoms with E-state index < -0.39 is 8.07 Å². The third-order valence-corrected chi connectivity index (χ3v) is 7.81. The summed E-state index contributed by atoms with van der Waals surface area (Å²) in [6.07, 6.45) is 7.28. The van der Waals surface area contributed by atoms with Crippen LogP contribution in [0.1, 0.15) is 53.4 Å². The van der Waals surface area contributed by atoms with Gasteiger partial charge in [0.05, 0.1) is 0 Å².